The van der Waals surface area contributed by atoms with Gasteiger partial charge in [-0.25, -0.2) is 8.42 Å². The lowest BCUT2D eigenvalue weighted by Gasteiger charge is -2.21. The Morgan fingerprint density at radius 2 is 1.75 bits per heavy atom. The number of sulfonamides is 1. The van der Waals surface area contributed by atoms with Crippen LogP contribution in [0.5, 0.6) is 0 Å². The van der Waals surface area contributed by atoms with Crippen LogP contribution in [0, 0.1) is 10.1 Å². The van der Waals surface area contributed by atoms with Crippen LogP contribution in [0.1, 0.15) is 11.1 Å². The molecule has 2 aromatic carbocycles. The van der Waals surface area contributed by atoms with Crippen molar-refractivity contribution in [3.05, 3.63) is 69.8 Å². The Morgan fingerprint density at radius 3 is 2.25 bits per heavy atom. The average Bonchev–Trinajstić information content (AvgIpc) is 2.60. The Bertz CT molecular complexity index is 990. The maximum atomic E-state index is 12.9. The van der Waals surface area contributed by atoms with Crippen molar-refractivity contribution in [2.75, 3.05) is 6.54 Å². The summed E-state index contributed by atoms with van der Waals surface area (Å²) in [4.78, 5) is 20.4. The molecule has 0 heterocycles. The van der Waals surface area contributed by atoms with Crippen LogP contribution < -0.4 is 0 Å². The molecule has 28 heavy (non-hydrogen) atoms. The van der Waals surface area contributed by atoms with E-state index in [0.717, 1.165) is 24.3 Å². The van der Waals surface area contributed by atoms with Crippen LogP contribution in [0.15, 0.2) is 53.4 Å². The number of rotatable bonds is 7. The number of hydrogen-bond donors (Lipinski definition) is 1. The summed E-state index contributed by atoms with van der Waals surface area (Å²) >= 11 is 0. The van der Waals surface area contributed by atoms with Crippen LogP contribution in [-0.2, 0) is 27.5 Å². The summed E-state index contributed by atoms with van der Waals surface area (Å²) in [6.45, 7) is -1.50. The lowest BCUT2D eigenvalue weighted by atomic mass is 10.2. The molecule has 12 heteroatoms. The van der Waals surface area contributed by atoms with Crippen LogP contribution >= 0.6 is 0 Å². The minimum Gasteiger partial charge on any atom is -0.480 e. The van der Waals surface area contributed by atoms with Gasteiger partial charge in [-0.05, 0) is 23.8 Å². The molecule has 0 saturated heterocycles. The minimum atomic E-state index is -4.78. The zero-order valence-corrected chi connectivity index (χ0v) is 14.8. The number of benzene rings is 2. The Morgan fingerprint density at radius 1 is 1.14 bits per heavy atom. The van der Waals surface area contributed by atoms with Gasteiger partial charge in [0.25, 0.3) is 5.69 Å². The first kappa shape index (κ1) is 21.3. The number of aliphatic carboxylic acids is 1. The molecule has 2 aromatic rings. The molecule has 0 saturated carbocycles. The van der Waals surface area contributed by atoms with E-state index in [1.165, 1.54) is 12.1 Å². The van der Waals surface area contributed by atoms with Crippen LogP contribution in [0.3, 0.4) is 0 Å². The zero-order valence-electron chi connectivity index (χ0n) is 14.0. The SMILES string of the molecule is O=C(O)CN(Cc1ccc([N+](=O)[O-])cc1)S(=O)(=O)c1cccc(C(F)(F)F)c1. The zero-order chi connectivity index (χ0) is 21.1. The number of non-ortho nitro benzene ring substituents is 1. The first-order chi connectivity index (χ1) is 12.9. The van der Waals surface area contributed by atoms with Crippen molar-refractivity contribution in [2.24, 2.45) is 0 Å². The fourth-order valence-electron chi connectivity index (χ4n) is 2.29. The molecule has 0 atom stereocenters. The van der Waals surface area contributed by atoms with Crippen molar-refractivity contribution in [3.8, 4) is 0 Å². The van der Waals surface area contributed by atoms with Crippen LogP contribution in [0.4, 0.5) is 18.9 Å². The summed E-state index contributed by atoms with van der Waals surface area (Å²) in [6.07, 6.45) is -4.78. The third-order valence-electron chi connectivity index (χ3n) is 3.62. The molecular formula is C16H13F3N2O6S. The molecule has 0 aromatic heterocycles. The monoisotopic (exact) mass is 418 g/mol. The van der Waals surface area contributed by atoms with Gasteiger partial charge in [0.1, 0.15) is 6.54 Å². The average molecular weight is 418 g/mol. The van der Waals surface area contributed by atoms with E-state index in [-0.39, 0.29) is 11.3 Å². The molecule has 0 amide bonds. The van der Waals surface area contributed by atoms with Gasteiger partial charge in [-0.2, -0.15) is 17.5 Å². The second kappa shape index (κ2) is 7.94. The first-order valence-corrected chi connectivity index (χ1v) is 8.98. The molecular weight excluding hydrogens is 405 g/mol. The third-order valence-corrected chi connectivity index (χ3v) is 5.40. The van der Waals surface area contributed by atoms with Gasteiger partial charge in [-0.15, -0.1) is 0 Å². The molecule has 0 unspecified atom stereocenters. The van der Waals surface area contributed by atoms with Crippen molar-refractivity contribution in [1.29, 1.82) is 0 Å². The predicted octanol–water partition coefficient (Wildman–Crippen LogP) is 2.89. The lowest BCUT2D eigenvalue weighted by Crippen LogP contribution is -2.35. The summed E-state index contributed by atoms with van der Waals surface area (Å²) in [5.74, 6) is -1.52. The van der Waals surface area contributed by atoms with Gasteiger partial charge >= 0.3 is 12.1 Å². The third kappa shape index (κ3) is 5.04. The Hall–Kier alpha value is -2.99. The van der Waals surface area contributed by atoms with E-state index >= 15 is 0 Å². The van der Waals surface area contributed by atoms with Gasteiger partial charge in [-0.3, -0.25) is 14.9 Å². The topological polar surface area (TPSA) is 118 Å². The normalized spacial score (nSPS) is 12.1. The van der Waals surface area contributed by atoms with Crippen molar-refractivity contribution in [1.82, 2.24) is 4.31 Å². The summed E-state index contributed by atoms with van der Waals surface area (Å²) in [5, 5.41) is 19.7. The van der Waals surface area contributed by atoms with Crippen LogP contribution in [0.25, 0.3) is 0 Å². The van der Waals surface area contributed by atoms with Gasteiger partial charge < -0.3 is 5.11 Å². The number of nitro benzene ring substituents is 1. The Kier molecular flexibility index (Phi) is 6.04. The van der Waals surface area contributed by atoms with Gasteiger partial charge in [0.15, 0.2) is 0 Å². The van der Waals surface area contributed by atoms with E-state index in [9.17, 15) is 36.5 Å². The van der Waals surface area contributed by atoms with E-state index < -0.39 is 50.6 Å². The molecule has 0 fully saturated rings. The van der Waals surface area contributed by atoms with E-state index in [4.69, 9.17) is 5.11 Å². The summed E-state index contributed by atoms with van der Waals surface area (Å²) in [5.41, 5.74) is -1.23. The number of halogens is 3. The van der Waals surface area contributed by atoms with E-state index in [0.29, 0.717) is 16.4 Å². The number of carboxylic acid groups (broad SMARTS) is 1. The molecule has 0 bridgehead atoms. The first-order valence-electron chi connectivity index (χ1n) is 7.54. The highest BCUT2D eigenvalue weighted by Gasteiger charge is 2.33. The summed E-state index contributed by atoms with van der Waals surface area (Å²) in [6, 6.07) is 7.60. The fraction of sp³-hybridized carbons (Fsp3) is 0.188. The van der Waals surface area contributed by atoms with Gasteiger partial charge in [0.05, 0.1) is 15.4 Å². The molecule has 0 aliphatic rings. The number of alkyl halides is 3. The van der Waals surface area contributed by atoms with Gasteiger partial charge in [0, 0.05) is 18.7 Å². The van der Waals surface area contributed by atoms with Crippen LogP contribution in [0.2, 0.25) is 0 Å². The number of carboxylic acids is 1. The van der Waals surface area contributed by atoms with Crippen molar-refractivity contribution in [3.63, 3.8) is 0 Å². The summed E-state index contributed by atoms with van der Waals surface area (Å²) in [7, 11) is -4.58. The van der Waals surface area contributed by atoms with Crippen molar-refractivity contribution >= 4 is 21.7 Å². The number of carbonyl (C=O) groups is 1. The number of hydrogen-bond acceptors (Lipinski definition) is 5. The van der Waals surface area contributed by atoms with E-state index in [1.54, 1.807) is 0 Å². The minimum absolute atomic E-state index is 0.224. The highest BCUT2D eigenvalue weighted by atomic mass is 32.2. The molecule has 1 N–H and O–H groups in total. The molecule has 2 rings (SSSR count). The molecule has 8 nitrogen and oxygen atoms in total. The number of nitro groups is 1. The highest BCUT2D eigenvalue weighted by Crippen LogP contribution is 2.31. The molecule has 0 aliphatic heterocycles. The maximum Gasteiger partial charge on any atom is 0.416 e. The number of nitrogens with zero attached hydrogens (tertiary/aromatic N) is 2. The standard InChI is InChI=1S/C16H13F3N2O6S/c17-16(18,19)12-2-1-3-14(8-12)28(26,27)20(10-15(22)23)9-11-4-6-13(7-5-11)21(24)25/h1-8H,9-10H2,(H,22,23). The van der Waals surface area contributed by atoms with E-state index in [2.05, 4.69) is 0 Å². The Labute approximate surface area is 157 Å². The van der Waals surface area contributed by atoms with E-state index in [1.807, 2.05) is 0 Å². The predicted molar refractivity (Wildman–Crippen MR) is 89.8 cm³/mol. The molecule has 0 spiro atoms. The maximum absolute atomic E-state index is 12.9. The Balaban J connectivity index is 2.41. The molecule has 0 radical (unpaired) electrons. The quantitative estimate of drug-likeness (QED) is 0.546. The second-order valence-electron chi connectivity index (χ2n) is 5.62. The van der Waals surface area contributed by atoms with Gasteiger partial charge in [0.2, 0.25) is 10.0 Å². The molecule has 150 valence electrons. The largest absolute Gasteiger partial charge is 0.480 e. The smallest absolute Gasteiger partial charge is 0.416 e. The fourth-order valence-corrected chi connectivity index (χ4v) is 3.71. The highest BCUT2D eigenvalue weighted by molar-refractivity contribution is 7.89. The summed E-state index contributed by atoms with van der Waals surface area (Å²) < 4.78 is 64.5. The second-order valence-corrected chi connectivity index (χ2v) is 7.55. The molecule has 0 aliphatic carbocycles. The van der Waals surface area contributed by atoms with Crippen LogP contribution in [-0.4, -0.2) is 35.3 Å². The van der Waals surface area contributed by atoms with Crippen molar-refractivity contribution in [2.45, 2.75) is 17.6 Å². The lowest BCUT2D eigenvalue weighted by molar-refractivity contribution is -0.384. The van der Waals surface area contributed by atoms with Crippen molar-refractivity contribution < 1.29 is 36.4 Å². The van der Waals surface area contributed by atoms with Gasteiger partial charge in [-0.1, -0.05) is 18.2 Å².